The molecule has 2 atom stereocenters. The second-order valence-corrected chi connectivity index (χ2v) is 7.56. The van der Waals surface area contributed by atoms with Gasteiger partial charge in [-0.1, -0.05) is 30.3 Å². The van der Waals surface area contributed by atoms with Crippen LogP contribution in [0.15, 0.2) is 92.7 Å². The van der Waals surface area contributed by atoms with E-state index in [0.29, 0.717) is 0 Å². The van der Waals surface area contributed by atoms with Crippen LogP contribution in [0.3, 0.4) is 0 Å². The smallest absolute Gasteiger partial charge is 0.267 e. The van der Waals surface area contributed by atoms with Crippen molar-refractivity contribution < 1.29 is 13.6 Å². The fourth-order valence-electron chi connectivity index (χ4n) is 4.27. The van der Waals surface area contributed by atoms with Crippen molar-refractivity contribution in [1.29, 1.82) is 0 Å². The third-order valence-electron chi connectivity index (χ3n) is 5.64. The minimum atomic E-state index is -0.233. The van der Waals surface area contributed by atoms with Crippen LogP contribution in [0.2, 0.25) is 0 Å². The van der Waals surface area contributed by atoms with Gasteiger partial charge in [-0.05, 0) is 66.8 Å². The monoisotopic (exact) mass is 398 g/mol. The molecule has 1 aliphatic heterocycles. The van der Waals surface area contributed by atoms with Crippen molar-refractivity contribution in [3.63, 3.8) is 0 Å². The zero-order valence-corrected chi connectivity index (χ0v) is 16.5. The SMILES string of the molecule is O=C(/C=C\c1ccccc1)N1N=C2/C(=C/c3ccco3)CCC[C@@H]2[C@@H]1c1ccco1. The number of hydrazone groups is 1. The first-order valence-electron chi connectivity index (χ1n) is 10.2. The third kappa shape index (κ3) is 3.54. The molecule has 0 radical (unpaired) electrons. The summed E-state index contributed by atoms with van der Waals surface area (Å²) in [5, 5.41) is 6.38. The van der Waals surface area contributed by atoms with E-state index in [1.165, 1.54) is 0 Å². The number of fused-ring (bicyclic) bond motifs is 1. The number of nitrogens with zero attached hydrogens (tertiary/aromatic N) is 2. The Morgan fingerprint density at radius 1 is 1.03 bits per heavy atom. The molecule has 1 fully saturated rings. The van der Waals surface area contributed by atoms with Gasteiger partial charge >= 0.3 is 0 Å². The highest BCUT2D eigenvalue weighted by Crippen LogP contribution is 2.44. The van der Waals surface area contributed by atoms with Crippen molar-refractivity contribution in [2.24, 2.45) is 11.0 Å². The molecule has 1 aromatic carbocycles. The lowest BCUT2D eigenvalue weighted by Gasteiger charge is -2.27. The summed E-state index contributed by atoms with van der Waals surface area (Å²) in [4.78, 5) is 13.1. The van der Waals surface area contributed by atoms with Gasteiger partial charge in [-0.2, -0.15) is 5.10 Å². The van der Waals surface area contributed by atoms with Crippen LogP contribution in [-0.4, -0.2) is 16.6 Å². The van der Waals surface area contributed by atoms with Crippen molar-refractivity contribution in [2.45, 2.75) is 25.3 Å². The molecular formula is C25H22N2O3. The van der Waals surface area contributed by atoms with Crippen LogP contribution in [-0.2, 0) is 4.79 Å². The number of benzene rings is 1. The molecule has 0 bridgehead atoms. The van der Waals surface area contributed by atoms with Crippen molar-refractivity contribution in [2.75, 3.05) is 0 Å². The number of rotatable bonds is 4. The minimum Gasteiger partial charge on any atom is -0.467 e. The quantitative estimate of drug-likeness (QED) is 0.529. The van der Waals surface area contributed by atoms with Crippen LogP contribution in [0.1, 0.15) is 42.4 Å². The molecule has 2 aliphatic rings. The summed E-state index contributed by atoms with van der Waals surface area (Å²) in [6.45, 7) is 0. The molecule has 1 aliphatic carbocycles. The predicted octanol–water partition coefficient (Wildman–Crippen LogP) is 5.71. The van der Waals surface area contributed by atoms with Gasteiger partial charge in [0.15, 0.2) is 0 Å². The van der Waals surface area contributed by atoms with Gasteiger partial charge in [-0.25, -0.2) is 5.01 Å². The van der Waals surface area contributed by atoms with Crippen molar-refractivity contribution in [3.8, 4) is 0 Å². The van der Waals surface area contributed by atoms with Crippen LogP contribution in [0.4, 0.5) is 0 Å². The molecule has 0 unspecified atom stereocenters. The molecule has 150 valence electrons. The lowest BCUT2D eigenvalue weighted by atomic mass is 9.79. The average molecular weight is 398 g/mol. The standard InChI is InChI=1S/C25H22N2O3/c28-23(14-13-18-7-2-1-3-8-18)27-25(22-12-6-16-30-22)21-11-4-9-19(24(21)26-27)17-20-10-5-15-29-20/h1-3,5-8,10,12-17,21,25H,4,9,11H2/b14-13-,19-17+/t21-,25+/m0/s1. The van der Waals surface area contributed by atoms with E-state index in [-0.39, 0.29) is 17.9 Å². The molecule has 2 aromatic heterocycles. The average Bonchev–Trinajstić information content (AvgIpc) is 3.53. The molecule has 5 nitrogen and oxygen atoms in total. The van der Waals surface area contributed by atoms with Crippen LogP contribution in [0.25, 0.3) is 12.2 Å². The Balaban J connectivity index is 1.49. The summed E-state index contributed by atoms with van der Waals surface area (Å²) in [5.41, 5.74) is 3.06. The largest absolute Gasteiger partial charge is 0.467 e. The normalized spacial score (nSPS) is 22.5. The maximum atomic E-state index is 13.1. The Labute approximate surface area is 175 Å². The third-order valence-corrected chi connectivity index (χ3v) is 5.64. The summed E-state index contributed by atoms with van der Waals surface area (Å²) < 4.78 is 11.2. The van der Waals surface area contributed by atoms with Gasteiger partial charge in [-0.15, -0.1) is 0 Å². The molecular weight excluding hydrogens is 376 g/mol. The summed E-state index contributed by atoms with van der Waals surface area (Å²) >= 11 is 0. The van der Waals surface area contributed by atoms with Gasteiger partial charge in [0.2, 0.25) is 0 Å². The van der Waals surface area contributed by atoms with Gasteiger partial charge in [0.25, 0.3) is 5.91 Å². The minimum absolute atomic E-state index is 0.111. The highest BCUT2D eigenvalue weighted by Gasteiger charge is 2.44. The van der Waals surface area contributed by atoms with Crippen LogP contribution in [0, 0.1) is 5.92 Å². The molecule has 5 heteroatoms. The van der Waals surface area contributed by atoms with E-state index in [1.54, 1.807) is 23.6 Å². The summed E-state index contributed by atoms with van der Waals surface area (Å²) in [6, 6.07) is 17.1. The van der Waals surface area contributed by atoms with Crippen molar-refractivity contribution in [1.82, 2.24) is 5.01 Å². The molecule has 0 spiro atoms. The molecule has 3 heterocycles. The number of allylic oxidation sites excluding steroid dienone is 1. The number of carbonyl (C=O) groups is 1. The first-order valence-corrected chi connectivity index (χ1v) is 10.2. The number of amides is 1. The number of furan rings is 2. The lowest BCUT2D eigenvalue weighted by molar-refractivity contribution is -0.128. The topological polar surface area (TPSA) is 59.0 Å². The van der Waals surface area contributed by atoms with Gasteiger partial charge < -0.3 is 8.83 Å². The van der Waals surface area contributed by atoms with E-state index in [2.05, 4.69) is 0 Å². The molecule has 3 aromatic rings. The Bertz CT molecular complexity index is 1090. The highest BCUT2D eigenvalue weighted by molar-refractivity contribution is 6.08. The van der Waals surface area contributed by atoms with E-state index in [1.807, 2.05) is 66.7 Å². The van der Waals surface area contributed by atoms with Crippen LogP contribution in [0.5, 0.6) is 0 Å². The van der Waals surface area contributed by atoms with E-state index < -0.39 is 0 Å². The zero-order chi connectivity index (χ0) is 20.3. The van der Waals surface area contributed by atoms with Crippen molar-refractivity contribution >= 4 is 23.8 Å². The molecule has 0 saturated heterocycles. The molecule has 1 amide bonds. The molecule has 30 heavy (non-hydrogen) atoms. The van der Waals surface area contributed by atoms with E-state index in [4.69, 9.17) is 13.9 Å². The molecule has 0 N–H and O–H groups in total. The van der Waals surface area contributed by atoms with Crippen LogP contribution >= 0.6 is 0 Å². The van der Waals surface area contributed by atoms with Gasteiger partial charge in [0, 0.05) is 12.0 Å². The van der Waals surface area contributed by atoms with Gasteiger partial charge in [0.1, 0.15) is 17.6 Å². The molecule has 1 saturated carbocycles. The van der Waals surface area contributed by atoms with Gasteiger partial charge in [0.05, 0.1) is 18.2 Å². The van der Waals surface area contributed by atoms with Crippen LogP contribution < -0.4 is 0 Å². The van der Waals surface area contributed by atoms with E-state index in [0.717, 1.165) is 47.6 Å². The fourth-order valence-corrected chi connectivity index (χ4v) is 4.27. The maximum Gasteiger partial charge on any atom is 0.267 e. The maximum absolute atomic E-state index is 13.1. The first kappa shape index (κ1) is 18.4. The Kier molecular flexibility index (Phi) is 4.93. The predicted molar refractivity (Wildman–Crippen MR) is 115 cm³/mol. The Morgan fingerprint density at radius 2 is 1.87 bits per heavy atom. The summed E-state index contributed by atoms with van der Waals surface area (Å²) in [5.74, 6) is 1.52. The summed E-state index contributed by atoms with van der Waals surface area (Å²) in [6.07, 6.45) is 11.7. The van der Waals surface area contributed by atoms with Crippen molar-refractivity contribution in [3.05, 3.63) is 95.9 Å². The first-order chi connectivity index (χ1) is 14.8. The van der Waals surface area contributed by atoms with Gasteiger partial charge in [-0.3, -0.25) is 4.79 Å². The second-order valence-electron chi connectivity index (χ2n) is 7.56. The Hall–Kier alpha value is -3.60. The van der Waals surface area contributed by atoms with E-state index in [9.17, 15) is 4.79 Å². The lowest BCUT2D eigenvalue weighted by Crippen LogP contribution is -2.30. The molecule has 5 rings (SSSR count). The highest BCUT2D eigenvalue weighted by atomic mass is 16.3. The Morgan fingerprint density at radius 3 is 2.63 bits per heavy atom. The second kappa shape index (κ2) is 8.03. The number of hydrogen-bond donors (Lipinski definition) is 0. The number of hydrogen-bond acceptors (Lipinski definition) is 4. The number of carbonyl (C=O) groups excluding carboxylic acids is 1. The fraction of sp³-hybridized carbons (Fsp3) is 0.200. The summed E-state index contributed by atoms with van der Waals surface area (Å²) in [7, 11) is 0. The zero-order valence-electron chi connectivity index (χ0n) is 16.5. The van der Waals surface area contributed by atoms with E-state index >= 15 is 0 Å².